The van der Waals surface area contributed by atoms with E-state index >= 15 is 0 Å². The molecule has 5 rings (SSSR count). The SMILES string of the molecule is COc1ccccc1C(NC(C)=O)N1Cc2ccc(-c3ccnc(NC4(Cl)CCOCC4)n3)cc2C1=O. The molecule has 3 aromatic rings. The number of nitrogens with zero attached hydrogens (tertiary/aromatic N) is 3. The maximum Gasteiger partial charge on any atom is 0.256 e. The van der Waals surface area contributed by atoms with Crippen molar-refractivity contribution in [3.63, 3.8) is 0 Å². The molecule has 2 aliphatic rings. The van der Waals surface area contributed by atoms with Gasteiger partial charge in [-0.2, -0.15) is 0 Å². The number of amides is 2. The molecule has 192 valence electrons. The van der Waals surface area contributed by atoms with E-state index < -0.39 is 11.2 Å². The minimum absolute atomic E-state index is 0.184. The fourth-order valence-electron chi connectivity index (χ4n) is 4.70. The van der Waals surface area contributed by atoms with Crippen LogP contribution in [0.2, 0.25) is 0 Å². The Morgan fingerprint density at radius 3 is 2.73 bits per heavy atom. The van der Waals surface area contributed by atoms with E-state index in [4.69, 9.17) is 21.1 Å². The van der Waals surface area contributed by atoms with E-state index in [1.165, 1.54) is 6.92 Å². The molecule has 0 saturated carbocycles. The Morgan fingerprint density at radius 2 is 1.97 bits per heavy atom. The van der Waals surface area contributed by atoms with Gasteiger partial charge < -0.3 is 25.0 Å². The molecule has 1 atom stereocenters. The summed E-state index contributed by atoms with van der Waals surface area (Å²) < 4.78 is 10.9. The fourth-order valence-corrected chi connectivity index (χ4v) is 4.94. The number of hydrogen-bond acceptors (Lipinski definition) is 7. The van der Waals surface area contributed by atoms with Crippen LogP contribution in [0, 0.1) is 0 Å². The van der Waals surface area contributed by atoms with Crippen LogP contribution >= 0.6 is 11.6 Å². The number of aromatic nitrogens is 2. The number of benzene rings is 2. The third-order valence-electron chi connectivity index (χ3n) is 6.60. The number of nitrogens with one attached hydrogen (secondary N) is 2. The van der Waals surface area contributed by atoms with E-state index in [9.17, 15) is 9.59 Å². The molecule has 0 aliphatic carbocycles. The zero-order chi connectivity index (χ0) is 26.0. The number of halogens is 1. The van der Waals surface area contributed by atoms with Gasteiger partial charge in [0.25, 0.3) is 5.91 Å². The van der Waals surface area contributed by atoms with Gasteiger partial charge in [0.15, 0.2) is 0 Å². The number of methoxy groups -OCH3 is 1. The van der Waals surface area contributed by atoms with E-state index in [2.05, 4.69) is 20.6 Å². The van der Waals surface area contributed by atoms with E-state index in [0.29, 0.717) is 61.1 Å². The standard InChI is InChI=1S/C27H28ClN5O4/c1-17(34)30-24(20-5-3-4-6-23(20)36-2)33-16-19-8-7-18(15-21(19)25(33)35)22-9-12-29-26(31-22)32-27(28)10-13-37-14-11-27/h3-9,12,15,24H,10-11,13-14,16H2,1-2H3,(H,30,34)(H,29,31,32). The van der Waals surface area contributed by atoms with E-state index in [-0.39, 0.29) is 11.8 Å². The molecule has 1 saturated heterocycles. The van der Waals surface area contributed by atoms with Crippen molar-refractivity contribution < 1.29 is 19.1 Å². The summed E-state index contributed by atoms with van der Waals surface area (Å²) in [7, 11) is 1.56. The Labute approximate surface area is 220 Å². The number of para-hydroxylation sites is 1. The third-order valence-corrected chi connectivity index (χ3v) is 7.07. The molecule has 2 aliphatic heterocycles. The summed E-state index contributed by atoms with van der Waals surface area (Å²) in [6.45, 7) is 2.94. The average Bonchev–Trinajstić information content (AvgIpc) is 3.23. The molecule has 0 spiro atoms. The topological polar surface area (TPSA) is 106 Å². The maximum atomic E-state index is 13.6. The highest BCUT2D eigenvalue weighted by Gasteiger charge is 2.36. The van der Waals surface area contributed by atoms with Crippen molar-refractivity contribution in [2.24, 2.45) is 0 Å². The van der Waals surface area contributed by atoms with Crippen LogP contribution in [0.15, 0.2) is 54.7 Å². The molecule has 1 unspecified atom stereocenters. The number of carbonyl (C=O) groups is 2. The van der Waals surface area contributed by atoms with Gasteiger partial charge in [-0.3, -0.25) is 9.59 Å². The lowest BCUT2D eigenvalue weighted by atomic mass is 10.0. The van der Waals surface area contributed by atoms with Crippen LogP contribution in [0.4, 0.5) is 5.95 Å². The lowest BCUT2D eigenvalue weighted by molar-refractivity contribution is -0.120. The second kappa shape index (κ2) is 10.4. The summed E-state index contributed by atoms with van der Waals surface area (Å²) in [4.78, 5) is 35.7. The molecule has 0 radical (unpaired) electrons. The average molecular weight is 522 g/mol. The van der Waals surface area contributed by atoms with Crippen LogP contribution in [-0.4, -0.2) is 52.0 Å². The van der Waals surface area contributed by atoms with Crippen LogP contribution in [-0.2, 0) is 16.1 Å². The number of rotatable bonds is 7. The molecule has 37 heavy (non-hydrogen) atoms. The molecule has 9 nitrogen and oxygen atoms in total. The number of hydrogen-bond donors (Lipinski definition) is 2. The summed E-state index contributed by atoms with van der Waals surface area (Å²) in [6.07, 6.45) is 2.28. The molecule has 0 bridgehead atoms. The highest BCUT2D eigenvalue weighted by molar-refractivity contribution is 6.25. The summed E-state index contributed by atoms with van der Waals surface area (Å²) in [6, 6.07) is 14.8. The Bertz CT molecular complexity index is 1330. The summed E-state index contributed by atoms with van der Waals surface area (Å²) in [5.41, 5.74) is 3.59. The molecule has 2 N–H and O–H groups in total. The minimum Gasteiger partial charge on any atom is -0.496 e. The number of ether oxygens (including phenoxy) is 2. The molecule has 2 aromatic carbocycles. The van der Waals surface area contributed by atoms with Gasteiger partial charge in [0.1, 0.15) is 16.9 Å². The first kappa shape index (κ1) is 25.0. The number of anilines is 1. The highest BCUT2D eigenvalue weighted by Crippen LogP contribution is 2.36. The molecule has 1 fully saturated rings. The smallest absolute Gasteiger partial charge is 0.256 e. The minimum atomic E-state index is -0.675. The highest BCUT2D eigenvalue weighted by atomic mass is 35.5. The molecule has 2 amide bonds. The van der Waals surface area contributed by atoms with Crippen molar-refractivity contribution in [2.75, 3.05) is 25.6 Å². The van der Waals surface area contributed by atoms with Gasteiger partial charge in [0, 0.05) is 49.2 Å². The number of carbonyl (C=O) groups excluding carboxylic acids is 2. The Hall–Kier alpha value is -3.69. The number of alkyl halides is 1. The Balaban J connectivity index is 1.42. The predicted molar refractivity (Wildman–Crippen MR) is 139 cm³/mol. The Morgan fingerprint density at radius 1 is 1.19 bits per heavy atom. The van der Waals surface area contributed by atoms with Gasteiger partial charge >= 0.3 is 0 Å². The zero-order valence-corrected chi connectivity index (χ0v) is 21.4. The van der Waals surface area contributed by atoms with Crippen molar-refractivity contribution >= 4 is 29.4 Å². The van der Waals surface area contributed by atoms with Crippen molar-refractivity contribution in [1.82, 2.24) is 20.2 Å². The molecule has 10 heteroatoms. The van der Waals surface area contributed by atoms with Crippen molar-refractivity contribution in [1.29, 1.82) is 0 Å². The largest absolute Gasteiger partial charge is 0.496 e. The first-order valence-electron chi connectivity index (χ1n) is 12.1. The zero-order valence-electron chi connectivity index (χ0n) is 20.7. The van der Waals surface area contributed by atoms with Gasteiger partial charge in [-0.1, -0.05) is 41.9 Å². The van der Waals surface area contributed by atoms with Crippen molar-refractivity contribution in [3.05, 3.63) is 71.4 Å². The first-order chi connectivity index (χ1) is 17.9. The van der Waals surface area contributed by atoms with Gasteiger partial charge in [-0.05, 0) is 23.8 Å². The quantitative estimate of drug-likeness (QED) is 0.356. The van der Waals surface area contributed by atoms with E-state index in [0.717, 1.165) is 11.1 Å². The third kappa shape index (κ3) is 5.23. The van der Waals surface area contributed by atoms with Gasteiger partial charge in [-0.25, -0.2) is 9.97 Å². The van der Waals surface area contributed by atoms with E-state index in [1.807, 2.05) is 42.5 Å². The molecular formula is C27H28ClN5O4. The molecule has 1 aromatic heterocycles. The lowest BCUT2D eigenvalue weighted by Gasteiger charge is -2.31. The second-order valence-corrected chi connectivity index (χ2v) is 9.84. The van der Waals surface area contributed by atoms with Crippen molar-refractivity contribution in [2.45, 2.75) is 37.5 Å². The fraction of sp³-hybridized carbons (Fsp3) is 0.333. The second-order valence-electron chi connectivity index (χ2n) is 9.12. The van der Waals surface area contributed by atoms with Crippen LogP contribution in [0.3, 0.4) is 0 Å². The van der Waals surface area contributed by atoms with Crippen molar-refractivity contribution in [3.8, 4) is 17.0 Å². The van der Waals surface area contributed by atoms with E-state index in [1.54, 1.807) is 24.3 Å². The predicted octanol–water partition coefficient (Wildman–Crippen LogP) is 4.10. The van der Waals surface area contributed by atoms with Crippen LogP contribution < -0.4 is 15.4 Å². The molecule has 3 heterocycles. The maximum absolute atomic E-state index is 13.6. The summed E-state index contributed by atoms with van der Waals surface area (Å²) in [5, 5.41) is 6.14. The van der Waals surface area contributed by atoms with Gasteiger partial charge in [0.2, 0.25) is 11.9 Å². The van der Waals surface area contributed by atoms with Crippen LogP contribution in [0.25, 0.3) is 11.3 Å². The normalized spacial score (nSPS) is 17.2. The van der Waals surface area contributed by atoms with Gasteiger partial charge in [-0.15, -0.1) is 0 Å². The number of fused-ring (bicyclic) bond motifs is 1. The van der Waals surface area contributed by atoms with Crippen LogP contribution in [0.1, 0.15) is 47.4 Å². The van der Waals surface area contributed by atoms with Crippen LogP contribution in [0.5, 0.6) is 5.75 Å². The summed E-state index contributed by atoms with van der Waals surface area (Å²) >= 11 is 6.70. The summed E-state index contributed by atoms with van der Waals surface area (Å²) in [5.74, 6) is 0.580. The molecular weight excluding hydrogens is 494 g/mol. The Kier molecular flexibility index (Phi) is 6.99. The lowest BCUT2D eigenvalue weighted by Crippen LogP contribution is -2.40. The first-order valence-corrected chi connectivity index (χ1v) is 12.5. The van der Waals surface area contributed by atoms with Gasteiger partial charge in [0.05, 0.1) is 26.0 Å². The monoisotopic (exact) mass is 521 g/mol.